The molecule has 0 N–H and O–H groups in total. The van der Waals surface area contributed by atoms with Crippen molar-refractivity contribution >= 4 is 33.6 Å². The Morgan fingerprint density at radius 2 is 1.79 bits per heavy atom. The first-order chi connectivity index (χ1) is 11.6. The number of hydrogen-bond donors (Lipinski definition) is 0. The quantitative estimate of drug-likeness (QED) is 0.743. The maximum Gasteiger partial charge on any atom is 0.246 e. The van der Waals surface area contributed by atoms with Gasteiger partial charge in [0.25, 0.3) is 0 Å². The summed E-state index contributed by atoms with van der Waals surface area (Å²) in [6.07, 6.45) is 3.41. The number of carbonyl (C=O) groups is 1. The molecule has 0 saturated carbocycles. The van der Waals surface area contributed by atoms with Gasteiger partial charge in [0.05, 0.1) is 5.69 Å². The molecule has 0 aliphatic carbocycles. The maximum absolute atomic E-state index is 13.8. The number of hydrogen-bond acceptors (Lipinski definition) is 2. The molecule has 1 aliphatic heterocycles. The maximum atomic E-state index is 13.8. The molecular weight excluding hydrogens is 371 g/mol. The number of nitrogens with zero attached hydrogens (tertiary/aromatic N) is 2. The van der Waals surface area contributed by atoms with E-state index in [1.807, 2.05) is 41.3 Å². The zero-order valence-electron chi connectivity index (χ0n) is 13.2. The third-order valence-corrected chi connectivity index (χ3v) is 4.54. The lowest BCUT2D eigenvalue weighted by Gasteiger charge is -2.35. The molecule has 2 aromatic carbocycles. The molecule has 1 fully saturated rings. The molecular formula is C19H18BrFN2O. The third-order valence-electron chi connectivity index (χ3n) is 4.05. The van der Waals surface area contributed by atoms with Gasteiger partial charge < -0.3 is 9.80 Å². The van der Waals surface area contributed by atoms with E-state index in [1.165, 1.54) is 6.07 Å². The van der Waals surface area contributed by atoms with Gasteiger partial charge in [0.1, 0.15) is 5.82 Å². The van der Waals surface area contributed by atoms with Gasteiger partial charge in [0.15, 0.2) is 0 Å². The van der Waals surface area contributed by atoms with E-state index in [4.69, 9.17) is 0 Å². The molecule has 0 bridgehead atoms. The van der Waals surface area contributed by atoms with Crippen LogP contribution in [0.4, 0.5) is 10.1 Å². The number of amides is 1. The molecule has 1 amide bonds. The van der Waals surface area contributed by atoms with Crippen LogP contribution in [0.1, 0.15) is 5.56 Å². The zero-order chi connectivity index (χ0) is 16.9. The van der Waals surface area contributed by atoms with Gasteiger partial charge in [-0.15, -0.1) is 0 Å². The molecule has 24 heavy (non-hydrogen) atoms. The lowest BCUT2D eigenvalue weighted by atomic mass is 10.2. The summed E-state index contributed by atoms with van der Waals surface area (Å²) >= 11 is 3.41. The summed E-state index contributed by atoms with van der Waals surface area (Å²) < 4.78 is 14.8. The molecule has 1 aliphatic rings. The van der Waals surface area contributed by atoms with E-state index in [2.05, 4.69) is 15.9 Å². The average Bonchev–Trinajstić information content (AvgIpc) is 2.60. The summed E-state index contributed by atoms with van der Waals surface area (Å²) in [4.78, 5) is 16.1. The van der Waals surface area contributed by atoms with Crippen molar-refractivity contribution in [2.75, 3.05) is 31.1 Å². The second kappa shape index (κ2) is 7.62. The van der Waals surface area contributed by atoms with Crippen LogP contribution in [0.2, 0.25) is 0 Å². The molecule has 5 heteroatoms. The van der Waals surface area contributed by atoms with E-state index in [1.54, 1.807) is 23.1 Å². The molecule has 3 nitrogen and oxygen atoms in total. The van der Waals surface area contributed by atoms with Gasteiger partial charge >= 0.3 is 0 Å². The van der Waals surface area contributed by atoms with Crippen molar-refractivity contribution in [1.29, 1.82) is 0 Å². The van der Waals surface area contributed by atoms with Gasteiger partial charge in [-0.3, -0.25) is 4.79 Å². The highest BCUT2D eigenvalue weighted by Crippen LogP contribution is 2.20. The number of benzene rings is 2. The lowest BCUT2D eigenvalue weighted by Crippen LogP contribution is -2.48. The Hall–Kier alpha value is -2.14. The summed E-state index contributed by atoms with van der Waals surface area (Å²) in [6.45, 7) is 2.46. The summed E-state index contributed by atoms with van der Waals surface area (Å²) in [6, 6.07) is 14.5. The first-order valence-corrected chi connectivity index (χ1v) is 8.65. The Bertz CT molecular complexity index is 755. The monoisotopic (exact) mass is 388 g/mol. The molecule has 0 aromatic heterocycles. The van der Waals surface area contributed by atoms with Crippen molar-refractivity contribution in [1.82, 2.24) is 4.90 Å². The molecule has 124 valence electrons. The highest BCUT2D eigenvalue weighted by Gasteiger charge is 2.21. The van der Waals surface area contributed by atoms with Crippen molar-refractivity contribution in [3.05, 3.63) is 70.5 Å². The fourth-order valence-corrected chi connectivity index (χ4v) is 3.18. The van der Waals surface area contributed by atoms with E-state index < -0.39 is 0 Å². The first-order valence-electron chi connectivity index (χ1n) is 7.85. The SMILES string of the molecule is O=C(/C=C/c1cccc(Br)c1)N1CCN(c2ccccc2F)CC1. The Morgan fingerprint density at radius 1 is 1.04 bits per heavy atom. The minimum atomic E-state index is -0.216. The molecule has 2 aromatic rings. The van der Waals surface area contributed by atoms with Gasteiger partial charge in [0.2, 0.25) is 5.91 Å². The number of anilines is 1. The van der Waals surface area contributed by atoms with Crippen LogP contribution in [0.5, 0.6) is 0 Å². The summed E-state index contributed by atoms with van der Waals surface area (Å²) in [5.41, 5.74) is 1.58. The topological polar surface area (TPSA) is 23.6 Å². The number of halogens is 2. The minimum Gasteiger partial charge on any atom is -0.366 e. The Balaban J connectivity index is 1.58. The van der Waals surface area contributed by atoms with Crippen molar-refractivity contribution in [3.8, 4) is 0 Å². The predicted molar refractivity (Wildman–Crippen MR) is 98.4 cm³/mol. The van der Waals surface area contributed by atoms with Crippen LogP contribution in [0, 0.1) is 5.82 Å². The lowest BCUT2D eigenvalue weighted by molar-refractivity contribution is -0.126. The highest BCUT2D eigenvalue weighted by molar-refractivity contribution is 9.10. The molecule has 0 unspecified atom stereocenters. The minimum absolute atomic E-state index is 0.0110. The van der Waals surface area contributed by atoms with Gasteiger partial charge in [-0.1, -0.05) is 40.2 Å². The van der Waals surface area contributed by atoms with E-state index in [9.17, 15) is 9.18 Å². The molecule has 1 saturated heterocycles. The number of carbonyl (C=O) groups excluding carboxylic acids is 1. The largest absolute Gasteiger partial charge is 0.366 e. The summed E-state index contributed by atoms with van der Waals surface area (Å²) in [7, 11) is 0. The van der Waals surface area contributed by atoms with Crippen LogP contribution in [-0.2, 0) is 4.79 Å². The van der Waals surface area contributed by atoms with E-state index in [0.717, 1.165) is 10.0 Å². The predicted octanol–water partition coefficient (Wildman–Crippen LogP) is 3.95. The van der Waals surface area contributed by atoms with Gasteiger partial charge in [-0.2, -0.15) is 0 Å². The Kier molecular flexibility index (Phi) is 5.30. The smallest absolute Gasteiger partial charge is 0.246 e. The van der Waals surface area contributed by atoms with Crippen molar-refractivity contribution in [3.63, 3.8) is 0 Å². The van der Waals surface area contributed by atoms with E-state index >= 15 is 0 Å². The first kappa shape index (κ1) is 16.7. The van der Waals surface area contributed by atoms with Crippen molar-refractivity contribution < 1.29 is 9.18 Å². The Labute approximate surface area is 149 Å². The fraction of sp³-hybridized carbons (Fsp3) is 0.211. The second-order valence-electron chi connectivity index (χ2n) is 5.65. The van der Waals surface area contributed by atoms with Crippen LogP contribution < -0.4 is 4.90 Å². The summed E-state index contributed by atoms with van der Waals surface area (Å²) in [5, 5.41) is 0. The van der Waals surface area contributed by atoms with Crippen LogP contribution in [0.25, 0.3) is 6.08 Å². The van der Waals surface area contributed by atoms with Gasteiger partial charge in [-0.25, -0.2) is 4.39 Å². The Morgan fingerprint density at radius 3 is 2.50 bits per heavy atom. The van der Waals surface area contributed by atoms with Crippen LogP contribution in [0.3, 0.4) is 0 Å². The normalized spacial score (nSPS) is 15.1. The van der Waals surface area contributed by atoms with E-state index in [0.29, 0.717) is 31.9 Å². The standard InChI is InChI=1S/C19H18BrFN2O/c20-16-5-3-4-15(14-16)8-9-19(24)23-12-10-22(11-13-23)18-7-2-1-6-17(18)21/h1-9,14H,10-13H2/b9-8+. The average molecular weight is 389 g/mol. The number of piperazine rings is 1. The molecule has 0 spiro atoms. The van der Waals surface area contributed by atoms with Gasteiger partial charge in [-0.05, 0) is 35.9 Å². The number of para-hydroxylation sites is 1. The molecule has 3 rings (SSSR count). The van der Waals surface area contributed by atoms with Crippen molar-refractivity contribution in [2.24, 2.45) is 0 Å². The van der Waals surface area contributed by atoms with Crippen LogP contribution in [0.15, 0.2) is 59.1 Å². The third kappa shape index (κ3) is 4.03. The molecule has 0 radical (unpaired) electrons. The van der Waals surface area contributed by atoms with Crippen LogP contribution >= 0.6 is 15.9 Å². The van der Waals surface area contributed by atoms with Crippen molar-refractivity contribution in [2.45, 2.75) is 0 Å². The zero-order valence-corrected chi connectivity index (χ0v) is 14.7. The fourth-order valence-electron chi connectivity index (χ4n) is 2.76. The van der Waals surface area contributed by atoms with Crippen LogP contribution in [-0.4, -0.2) is 37.0 Å². The summed E-state index contributed by atoms with van der Waals surface area (Å²) in [5.74, 6) is -0.227. The molecule has 0 atom stereocenters. The van der Waals surface area contributed by atoms with E-state index in [-0.39, 0.29) is 11.7 Å². The van der Waals surface area contributed by atoms with Gasteiger partial charge in [0, 0.05) is 36.7 Å². The second-order valence-corrected chi connectivity index (χ2v) is 6.57. The highest BCUT2D eigenvalue weighted by atomic mass is 79.9. The molecule has 1 heterocycles. The number of rotatable bonds is 3.